The van der Waals surface area contributed by atoms with Crippen LogP contribution in [0.25, 0.3) is 0 Å². The van der Waals surface area contributed by atoms with Crippen LogP contribution in [0.5, 0.6) is 0 Å². The lowest BCUT2D eigenvalue weighted by Crippen LogP contribution is -2.53. The number of alkyl halides is 7. The van der Waals surface area contributed by atoms with Crippen LogP contribution in [0.15, 0.2) is 18.2 Å². The van der Waals surface area contributed by atoms with Gasteiger partial charge in [-0.25, -0.2) is 0 Å². The van der Waals surface area contributed by atoms with Gasteiger partial charge in [-0.1, -0.05) is 39.7 Å². The summed E-state index contributed by atoms with van der Waals surface area (Å²) < 4.78 is 82.4. The lowest BCUT2D eigenvalue weighted by atomic mass is 9.90. The zero-order chi connectivity index (χ0) is 14.6. The molecule has 0 spiro atoms. The van der Waals surface area contributed by atoms with Gasteiger partial charge in [0.15, 0.2) is 0 Å². The highest BCUT2D eigenvalue weighted by molar-refractivity contribution is 9.09. The van der Waals surface area contributed by atoms with E-state index in [-0.39, 0.29) is 5.56 Å². The molecule has 0 N–H and O–H groups in total. The number of aryl methyl sites for hydroxylation is 1. The van der Waals surface area contributed by atoms with Crippen LogP contribution in [0, 0.1) is 6.92 Å². The minimum Gasteiger partial charge on any atom is -0.334 e. The molecule has 0 aromatic heterocycles. The summed E-state index contributed by atoms with van der Waals surface area (Å²) in [5.74, 6) is 0. The van der Waals surface area contributed by atoms with Gasteiger partial charge in [0.05, 0.1) is 0 Å². The lowest BCUT2D eigenvalue weighted by molar-refractivity contribution is -0.385. The molecular formula is C11H7BrF6O. The first-order valence-corrected chi connectivity index (χ1v) is 5.98. The van der Waals surface area contributed by atoms with Crippen molar-refractivity contribution in [2.24, 2.45) is 0 Å². The first kappa shape index (κ1) is 14.6. The molecule has 106 valence electrons. The van der Waals surface area contributed by atoms with Crippen molar-refractivity contribution in [1.29, 1.82) is 0 Å². The van der Waals surface area contributed by atoms with Crippen LogP contribution in [-0.4, -0.2) is 12.4 Å². The molecule has 0 aliphatic carbocycles. The molecule has 1 aliphatic rings. The minimum atomic E-state index is -5.60. The molecule has 1 aromatic rings. The summed E-state index contributed by atoms with van der Waals surface area (Å²) in [4.78, 5) is 0. The van der Waals surface area contributed by atoms with Crippen molar-refractivity contribution in [3.8, 4) is 0 Å². The molecule has 0 radical (unpaired) electrons. The molecule has 2 rings (SSSR count). The maximum absolute atomic E-state index is 13.0. The second-order valence-electron chi connectivity index (χ2n) is 4.20. The van der Waals surface area contributed by atoms with Gasteiger partial charge in [-0.2, -0.15) is 26.3 Å². The largest absolute Gasteiger partial charge is 0.430 e. The van der Waals surface area contributed by atoms with E-state index < -0.39 is 28.5 Å². The lowest BCUT2D eigenvalue weighted by Gasteiger charge is -2.33. The summed E-state index contributed by atoms with van der Waals surface area (Å²) in [5, 5.41) is -1.45. The van der Waals surface area contributed by atoms with E-state index in [1.54, 1.807) is 0 Å². The predicted molar refractivity (Wildman–Crippen MR) is 57.7 cm³/mol. The minimum absolute atomic E-state index is 0.166. The van der Waals surface area contributed by atoms with E-state index in [9.17, 15) is 26.3 Å². The van der Waals surface area contributed by atoms with Gasteiger partial charge < -0.3 is 4.74 Å². The van der Waals surface area contributed by atoms with Gasteiger partial charge in [-0.15, -0.1) is 0 Å². The molecular weight excluding hydrogens is 342 g/mol. The predicted octanol–water partition coefficient (Wildman–Crippen LogP) is 4.74. The van der Waals surface area contributed by atoms with Crippen LogP contribution < -0.4 is 0 Å². The van der Waals surface area contributed by atoms with Crippen LogP contribution in [0.1, 0.15) is 21.7 Å². The van der Waals surface area contributed by atoms with E-state index in [1.165, 1.54) is 19.1 Å². The first-order valence-electron chi connectivity index (χ1n) is 5.07. The van der Waals surface area contributed by atoms with Crippen molar-refractivity contribution >= 4 is 15.9 Å². The van der Waals surface area contributed by atoms with Crippen LogP contribution in [-0.2, 0) is 10.3 Å². The molecule has 0 saturated carbocycles. The molecule has 0 bridgehead atoms. The molecule has 1 unspecified atom stereocenters. The van der Waals surface area contributed by atoms with Crippen molar-refractivity contribution < 1.29 is 31.1 Å². The number of hydrogen-bond acceptors (Lipinski definition) is 1. The van der Waals surface area contributed by atoms with Crippen LogP contribution in [0.2, 0.25) is 0 Å². The van der Waals surface area contributed by atoms with E-state index >= 15 is 0 Å². The number of rotatable bonds is 0. The van der Waals surface area contributed by atoms with Gasteiger partial charge in [0, 0.05) is 5.56 Å². The highest BCUT2D eigenvalue weighted by Gasteiger charge is 2.76. The third-order valence-corrected chi connectivity index (χ3v) is 3.59. The summed E-state index contributed by atoms with van der Waals surface area (Å²) in [6, 6.07) is 3.49. The fourth-order valence-electron chi connectivity index (χ4n) is 2.05. The maximum atomic E-state index is 13.0. The Labute approximate surface area is 112 Å². The van der Waals surface area contributed by atoms with Crippen LogP contribution >= 0.6 is 15.9 Å². The molecule has 0 amide bonds. The summed E-state index contributed by atoms with van der Waals surface area (Å²) >= 11 is 2.70. The van der Waals surface area contributed by atoms with Gasteiger partial charge in [-0.3, -0.25) is 0 Å². The number of ether oxygens (including phenoxy) is 1. The van der Waals surface area contributed by atoms with Gasteiger partial charge >= 0.3 is 12.4 Å². The molecule has 0 fully saturated rings. The number of benzene rings is 1. The Morgan fingerprint density at radius 1 is 1.11 bits per heavy atom. The average molecular weight is 349 g/mol. The van der Waals surface area contributed by atoms with Crippen molar-refractivity contribution in [2.75, 3.05) is 0 Å². The molecule has 1 heterocycles. The summed E-state index contributed by atoms with van der Waals surface area (Å²) in [5.41, 5.74) is -5.06. The monoisotopic (exact) mass is 348 g/mol. The standard InChI is InChI=1S/C11H7BrF6O/c1-5-2-3-6-7(4-5)9(10(13,14)15,11(16,17)18)19-8(6)12/h2-4,8H,1H3. The Balaban J connectivity index is 2.78. The Morgan fingerprint density at radius 3 is 2.11 bits per heavy atom. The average Bonchev–Trinajstić information content (AvgIpc) is 2.51. The van der Waals surface area contributed by atoms with Gasteiger partial charge in [0.1, 0.15) is 5.01 Å². The molecule has 1 aromatic carbocycles. The van der Waals surface area contributed by atoms with E-state index in [2.05, 4.69) is 20.7 Å². The van der Waals surface area contributed by atoms with Gasteiger partial charge in [-0.05, 0) is 12.5 Å². The second-order valence-corrected chi connectivity index (χ2v) is 5.03. The smallest absolute Gasteiger partial charge is 0.334 e. The highest BCUT2D eigenvalue weighted by atomic mass is 79.9. The van der Waals surface area contributed by atoms with Crippen LogP contribution in [0.3, 0.4) is 0 Å². The Kier molecular flexibility index (Phi) is 3.17. The first-order chi connectivity index (χ1) is 8.50. The number of fused-ring (bicyclic) bond motifs is 1. The zero-order valence-electron chi connectivity index (χ0n) is 9.36. The van der Waals surface area contributed by atoms with Gasteiger partial charge in [0.2, 0.25) is 0 Å². The van der Waals surface area contributed by atoms with Crippen molar-refractivity contribution in [3.63, 3.8) is 0 Å². The fourth-order valence-corrected chi connectivity index (χ4v) is 2.73. The topological polar surface area (TPSA) is 9.23 Å². The SMILES string of the molecule is Cc1ccc2c(c1)C(C(F)(F)F)(C(F)(F)F)OC2Br. The summed E-state index contributed by atoms with van der Waals surface area (Å²) in [6.45, 7) is 1.42. The third kappa shape index (κ3) is 1.96. The van der Waals surface area contributed by atoms with Crippen LogP contribution in [0.4, 0.5) is 26.3 Å². The second kappa shape index (κ2) is 4.12. The number of hydrogen-bond donors (Lipinski definition) is 0. The molecule has 1 aliphatic heterocycles. The van der Waals surface area contributed by atoms with Crippen molar-refractivity contribution in [2.45, 2.75) is 29.9 Å². The van der Waals surface area contributed by atoms with E-state index in [4.69, 9.17) is 0 Å². The Hall–Kier alpha value is -0.760. The summed E-state index contributed by atoms with van der Waals surface area (Å²) in [6.07, 6.45) is -11.2. The van der Waals surface area contributed by atoms with E-state index in [1.807, 2.05) is 0 Å². The third-order valence-electron chi connectivity index (χ3n) is 2.91. The summed E-state index contributed by atoms with van der Waals surface area (Å²) in [7, 11) is 0. The maximum Gasteiger partial charge on any atom is 0.430 e. The highest BCUT2D eigenvalue weighted by Crippen LogP contribution is 2.61. The Bertz CT molecular complexity index is 493. The molecule has 1 nitrogen and oxygen atoms in total. The quantitative estimate of drug-likeness (QED) is 0.486. The van der Waals surface area contributed by atoms with Crippen molar-refractivity contribution in [1.82, 2.24) is 0 Å². The van der Waals surface area contributed by atoms with Crippen molar-refractivity contribution in [3.05, 3.63) is 34.9 Å². The number of halogens is 7. The van der Waals surface area contributed by atoms with E-state index in [0.717, 1.165) is 6.07 Å². The fraction of sp³-hybridized carbons (Fsp3) is 0.455. The van der Waals surface area contributed by atoms with E-state index in [0.29, 0.717) is 5.56 Å². The zero-order valence-corrected chi connectivity index (χ0v) is 10.9. The van der Waals surface area contributed by atoms with Gasteiger partial charge in [0.25, 0.3) is 5.60 Å². The molecule has 0 saturated heterocycles. The normalized spacial score (nSPS) is 22.4. The molecule has 1 atom stereocenters. The molecule has 8 heteroatoms. The Morgan fingerprint density at radius 2 is 1.63 bits per heavy atom. The molecule has 19 heavy (non-hydrogen) atoms.